The summed E-state index contributed by atoms with van der Waals surface area (Å²) in [6.45, 7) is 6.98. The second-order valence-electron chi connectivity index (χ2n) is 6.95. The first-order chi connectivity index (χ1) is 13.0. The molecular weight excluding hydrogens is 344 g/mol. The molecule has 3 heterocycles. The van der Waals surface area contributed by atoms with E-state index in [1.807, 2.05) is 51.1 Å². The van der Waals surface area contributed by atoms with Gasteiger partial charge in [-0.2, -0.15) is 4.98 Å². The van der Waals surface area contributed by atoms with Crippen LogP contribution in [0.5, 0.6) is 0 Å². The first-order valence-electron chi connectivity index (χ1n) is 9.04. The molecule has 2 unspecified atom stereocenters. The normalized spacial score (nSPS) is 20.0. The third kappa shape index (κ3) is 3.50. The summed E-state index contributed by atoms with van der Waals surface area (Å²) in [6.07, 6.45) is 1.56. The standard InChI is InChI=1S/C20H22N4O3/c1-13-6-4-7-16(10-13)24-19(17-8-5-9-26-17)21-18(22-24)20(25)23-11-14(2)27-15(3)12-23/h4-10,14-15H,11-12H2,1-3H3. The number of aromatic nitrogens is 3. The van der Waals surface area contributed by atoms with Crippen molar-refractivity contribution in [1.82, 2.24) is 19.7 Å². The Balaban J connectivity index is 1.74. The zero-order valence-corrected chi connectivity index (χ0v) is 15.6. The number of hydrogen-bond donors (Lipinski definition) is 0. The lowest BCUT2D eigenvalue weighted by atomic mass is 10.2. The first-order valence-corrected chi connectivity index (χ1v) is 9.04. The molecule has 0 spiro atoms. The van der Waals surface area contributed by atoms with Crippen LogP contribution >= 0.6 is 0 Å². The van der Waals surface area contributed by atoms with Gasteiger partial charge < -0.3 is 14.1 Å². The van der Waals surface area contributed by atoms with Crippen molar-refractivity contribution < 1.29 is 13.9 Å². The third-order valence-corrected chi connectivity index (χ3v) is 4.49. The monoisotopic (exact) mass is 366 g/mol. The van der Waals surface area contributed by atoms with Gasteiger partial charge in [-0.25, -0.2) is 4.68 Å². The smallest absolute Gasteiger partial charge is 0.293 e. The van der Waals surface area contributed by atoms with E-state index in [2.05, 4.69) is 10.1 Å². The molecule has 1 saturated heterocycles. The number of carbonyl (C=O) groups excluding carboxylic acids is 1. The van der Waals surface area contributed by atoms with Gasteiger partial charge in [0.25, 0.3) is 5.91 Å². The van der Waals surface area contributed by atoms with Crippen molar-refractivity contribution in [3.63, 3.8) is 0 Å². The fourth-order valence-corrected chi connectivity index (χ4v) is 3.39. The van der Waals surface area contributed by atoms with Crippen molar-refractivity contribution in [2.24, 2.45) is 0 Å². The largest absolute Gasteiger partial charge is 0.461 e. The molecule has 1 aliphatic rings. The Morgan fingerprint density at radius 1 is 1.15 bits per heavy atom. The Morgan fingerprint density at radius 2 is 1.93 bits per heavy atom. The predicted octanol–water partition coefficient (Wildman–Crippen LogP) is 3.09. The summed E-state index contributed by atoms with van der Waals surface area (Å²) >= 11 is 0. The van der Waals surface area contributed by atoms with E-state index in [9.17, 15) is 4.79 Å². The molecular formula is C20H22N4O3. The molecule has 0 radical (unpaired) electrons. The number of benzene rings is 1. The van der Waals surface area contributed by atoms with Crippen LogP contribution in [0.1, 0.15) is 30.0 Å². The van der Waals surface area contributed by atoms with Crippen molar-refractivity contribution >= 4 is 5.91 Å². The molecule has 2 aromatic heterocycles. The Labute approximate surface area is 157 Å². The number of aryl methyl sites for hydroxylation is 1. The minimum Gasteiger partial charge on any atom is -0.461 e. The van der Waals surface area contributed by atoms with E-state index in [1.54, 1.807) is 21.9 Å². The number of nitrogens with zero attached hydrogens (tertiary/aromatic N) is 4. The molecule has 0 aliphatic carbocycles. The van der Waals surface area contributed by atoms with Crippen LogP contribution in [0.25, 0.3) is 17.3 Å². The average molecular weight is 366 g/mol. The van der Waals surface area contributed by atoms with Crippen LogP contribution in [0.4, 0.5) is 0 Å². The SMILES string of the molecule is Cc1cccc(-n2nc(C(=O)N3CC(C)OC(C)C3)nc2-c2ccco2)c1. The van der Waals surface area contributed by atoms with Crippen LogP contribution in [0.3, 0.4) is 0 Å². The predicted molar refractivity (Wildman–Crippen MR) is 99.7 cm³/mol. The second-order valence-corrected chi connectivity index (χ2v) is 6.95. The minimum absolute atomic E-state index is 0.0129. The molecule has 1 aromatic carbocycles. The number of rotatable bonds is 3. The average Bonchev–Trinajstić information content (AvgIpc) is 3.29. The topological polar surface area (TPSA) is 73.4 Å². The van der Waals surface area contributed by atoms with Crippen molar-refractivity contribution in [2.45, 2.75) is 33.0 Å². The maximum Gasteiger partial charge on any atom is 0.293 e. The highest BCUT2D eigenvalue weighted by molar-refractivity contribution is 5.91. The highest BCUT2D eigenvalue weighted by Crippen LogP contribution is 2.23. The lowest BCUT2D eigenvalue weighted by Gasteiger charge is -2.34. The number of furan rings is 1. The molecule has 7 nitrogen and oxygen atoms in total. The Bertz CT molecular complexity index is 938. The van der Waals surface area contributed by atoms with Gasteiger partial charge in [0.2, 0.25) is 5.82 Å². The zero-order valence-electron chi connectivity index (χ0n) is 15.6. The van der Waals surface area contributed by atoms with Crippen LogP contribution in [0.2, 0.25) is 0 Å². The molecule has 4 rings (SSSR count). The Morgan fingerprint density at radius 3 is 2.59 bits per heavy atom. The van der Waals surface area contributed by atoms with E-state index in [1.165, 1.54) is 0 Å². The number of hydrogen-bond acceptors (Lipinski definition) is 5. The van der Waals surface area contributed by atoms with E-state index >= 15 is 0 Å². The van der Waals surface area contributed by atoms with Crippen LogP contribution in [0, 0.1) is 6.92 Å². The van der Waals surface area contributed by atoms with E-state index in [4.69, 9.17) is 9.15 Å². The molecule has 140 valence electrons. The summed E-state index contributed by atoms with van der Waals surface area (Å²) < 4.78 is 12.9. The fraction of sp³-hybridized carbons (Fsp3) is 0.350. The lowest BCUT2D eigenvalue weighted by molar-refractivity contribution is -0.0588. The van der Waals surface area contributed by atoms with Crippen molar-refractivity contribution in [3.8, 4) is 17.3 Å². The Hall–Kier alpha value is -2.93. The molecule has 7 heteroatoms. The van der Waals surface area contributed by atoms with Crippen molar-refractivity contribution in [1.29, 1.82) is 0 Å². The first kappa shape index (κ1) is 17.5. The number of ether oxygens (including phenoxy) is 1. The summed E-state index contributed by atoms with van der Waals surface area (Å²) in [5, 5.41) is 4.52. The molecule has 0 bridgehead atoms. The van der Waals surface area contributed by atoms with Gasteiger partial charge in [-0.3, -0.25) is 4.79 Å². The summed E-state index contributed by atoms with van der Waals surface area (Å²) in [5.74, 6) is 1.02. The summed E-state index contributed by atoms with van der Waals surface area (Å²) in [6, 6.07) is 11.5. The second kappa shape index (κ2) is 7.00. The molecule has 1 amide bonds. The van der Waals surface area contributed by atoms with Crippen LogP contribution in [-0.2, 0) is 4.74 Å². The van der Waals surface area contributed by atoms with E-state index in [0.29, 0.717) is 24.7 Å². The zero-order chi connectivity index (χ0) is 19.0. The fourth-order valence-electron chi connectivity index (χ4n) is 3.39. The van der Waals surface area contributed by atoms with Gasteiger partial charge in [-0.05, 0) is 50.6 Å². The van der Waals surface area contributed by atoms with E-state index < -0.39 is 0 Å². The molecule has 27 heavy (non-hydrogen) atoms. The maximum absolute atomic E-state index is 13.0. The number of morpholine rings is 1. The maximum atomic E-state index is 13.0. The van der Waals surface area contributed by atoms with Gasteiger partial charge in [0, 0.05) is 13.1 Å². The minimum atomic E-state index is -0.198. The molecule has 1 aliphatic heterocycles. The molecule has 1 fully saturated rings. The molecule has 2 atom stereocenters. The highest BCUT2D eigenvalue weighted by atomic mass is 16.5. The quantitative estimate of drug-likeness (QED) is 0.712. The van der Waals surface area contributed by atoms with E-state index in [0.717, 1.165) is 11.3 Å². The highest BCUT2D eigenvalue weighted by Gasteiger charge is 2.30. The van der Waals surface area contributed by atoms with Gasteiger partial charge >= 0.3 is 0 Å². The third-order valence-electron chi connectivity index (χ3n) is 4.49. The van der Waals surface area contributed by atoms with Crippen LogP contribution in [-0.4, -0.2) is 50.9 Å². The molecule has 0 N–H and O–H groups in total. The van der Waals surface area contributed by atoms with Crippen molar-refractivity contribution in [2.75, 3.05) is 13.1 Å². The van der Waals surface area contributed by atoms with Crippen LogP contribution < -0.4 is 0 Å². The van der Waals surface area contributed by atoms with Gasteiger partial charge in [-0.1, -0.05) is 12.1 Å². The number of carbonyl (C=O) groups is 1. The van der Waals surface area contributed by atoms with Crippen LogP contribution in [0.15, 0.2) is 47.1 Å². The summed E-state index contributed by atoms with van der Waals surface area (Å²) in [7, 11) is 0. The lowest BCUT2D eigenvalue weighted by Crippen LogP contribution is -2.48. The molecule has 0 saturated carbocycles. The Kier molecular flexibility index (Phi) is 4.53. The molecule has 3 aromatic rings. The van der Waals surface area contributed by atoms with E-state index in [-0.39, 0.29) is 23.9 Å². The van der Waals surface area contributed by atoms with Gasteiger partial charge in [0.15, 0.2) is 11.6 Å². The van der Waals surface area contributed by atoms with Gasteiger partial charge in [-0.15, -0.1) is 5.10 Å². The number of amides is 1. The van der Waals surface area contributed by atoms with Crippen molar-refractivity contribution in [3.05, 3.63) is 54.0 Å². The summed E-state index contributed by atoms with van der Waals surface area (Å²) in [5.41, 5.74) is 1.92. The van der Waals surface area contributed by atoms with Gasteiger partial charge in [0.1, 0.15) is 0 Å². The van der Waals surface area contributed by atoms with Gasteiger partial charge in [0.05, 0.1) is 24.2 Å². The summed E-state index contributed by atoms with van der Waals surface area (Å²) in [4.78, 5) is 19.3.